The maximum atomic E-state index is 13.2. The Kier molecular flexibility index (Phi) is 6.26. The van der Waals surface area contributed by atoms with Gasteiger partial charge in [-0.3, -0.25) is 9.52 Å². The number of hydrogen-bond donors (Lipinski definition) is 2. The molecule has 10 nitrogen and oxygen atoms in total. The number of anilines is 3. The second kappa shape index (κ2) is 9.29. The highest BCUT2D eigenvalue weighted by atomic mass is 35.5. The fourth-order valence-electron chi connectivity index (χ4n) is 3.97. The fraction of sp³-hybridized carbons (Fsp3) is 0.125. The molecule has 0 spiro atoms. The van der Waals surface area contributed by atoms with Gasteiger partial charge in [0.2, 0.25) is 11.0 Å². The maximum absolute atomic E-state index is 13.2. The van der Waals surface area contributed by atoms with E-state index in [0.29, 0.717) is 28.1 Å². The molecule has 1 aliphatic rings. The number of sulfonamides is 2. The number of halogens is 1. The van der Waals surface area contributed by atoms with Crippen molar-refractivity contribution >= 4 is 65.6 Å². The van der Waals surface area contributed by atoms with Crippen molar-refractivity contribution in [1.82, 2.24) is 4.72 Å². The summed E-state index contributed by atoms with van der Waals surface area (Å²) in [4.78, 5) is 12.9. The number of fused-ring (bicyclic) bond motifs is 2. The average molecular weight is 562 g/mol. The average Bonchev–Trinajstić information content (AvgIpc) is 3.28. The summed E-state index contributed by atoms with van der Waals surface area (Å²) in [5.41, 5.74) is 1.34. The van der Waals surface area contributed by atoms with Gasteiger partial charge < -0.3 is 14.1 Å². The molecule has 0 unspecified atom stereocenters. The van der Waals surface area contributed by atoms with Crippen molar-refractivity contribution in [2.75, 3.05) is 22.8 Å². The lowest BCUT2D eigenvalue weighted by molar-refractivity contribution is -0.117. The quantitative estimate of drug-likeness (QED) is 0.357. The smallest absolute Gasteiger partial charge is 0.295 e. The minimum Gasteiger partial charge on any atom is -0.490 e. The molecule has 0 saturated carbocycles. The van der Waals surface area contributed by atoms with Crippen molar-refractivity contribution < 1.29 is 30.8 Å². The molecule has 37 heavy (non-hydrogen) atoms. The zero-order chi connectivity index (χ0) is 26.4. The van der Waals surface area contributed by atoms with Crippen LogP contribution in [0.5, 0.6) is 5.75 Å². The number of nitrogens with one attached hydrogen (secondary N) is 2. The number of hydrogen-bond acceptors (Lipinski definition) is 8. The summed E-state index contributed by atoms with van der Waals surface area (Å²) in [6.07, 6.45) is 0. The molecule has 0 radical (unpaired) electrons. The summed E-state index contributed by atoms with van der Waals surface area (Å²) >= 11 is 6.21. The zero-order valence-electron chi connectivity index (χ0n) is 19.3. The van der Waals surface area contributed by atoms with E-state index in [4.69, 9.17) is 20.8 Å². The van der Waals surface area contributed by atoms with Gasteiger partial charge in [-0.1, -0.05) is 29.8 Å². The predicted octanol–water partition coefficient (Wildman–Crippen LogP) is 4.24. The van der Waals surface area contributed by atoms with Crippen LogP contribution in [-0.4, -0.2) is 35.9 Å². The molecule has 0 fully saturated rings. The van der Waals surface area contributed by atoms with E-state index in [1.807, 2.05) is 4.72 Å². The molecule has 0 bridgehead atoms. The first kappa shape index (κ1) is 24.9. The third-order valence-electron chi connectivity index (χ3n) is 5.54. The number of para-hydroxylation sites is 1. The Balaban J connectivity index is 1.56. The Morgan fingerprint density at radius 3 is 2.49 bits per heavy atom. The Labute approximate surface area is 217 Å². The van der Waals surface area contributed by atoms with Crippen LogP contribution in [0.3, 0.4) is 0 Å². The Morgan fingerprint density at radius 2 is 1.73 bits per heavy atom. The highest BCUT2D eigenvalue weighted by Crippen LogP contribution is 2.42. The monoisotopic (exact) mass is 561 g/mol. The molecular weight excluding hydrogens is 542 g/mol. The van der Waals surface area contributed by atoms with E-state index in [0.717, 1.165) is 6.92 Å². The van der Waals surface area contributed by atoms with Crippen molar-refractivity contribution in [1.29, 1.82) is 0 Å². The van der Waals surface area contributed by atoms with E-state index < -0.39 is 26.0 Å². The summed E-state index contributed by atoms with van der Waals surface area (Å²) in [5, 5.41) is 0.636. The molecule has 1 aromatic heterocycles. The van der Waals surface area contributed by atoms with Crippen molar-refractivity contribution in [2.24, 2.45) is 0 Å². The van der Waals surface area contributed by atoms with Crippen LogP contribution in [0, 0.1) is 0 Å². The third kappa shape index (κ3) is 4.95. The van der Waals surface area contributed by atoms with Crippen molar-refractivity contribution in [3.8, 4) is 5.75 Å². The summed E-state index contributed by atoms with van der Waals surface area (Å²) in [7, 11) is -8.27. The van der Waals surface area contributed by atoms with Gasteiger partial charge >= 0.3 is 0 Å². The molecule has 1 aliphatic heterocycles. The Bertz CT molecular complexity index is 1720. The van der Waals surface area contributed by atoms with Crippen molar-refractivity contribution in [2.45, 2.75) is 16.9 Å². The largest absolute Gasteiger partial charge is 0.490 e. The molecular formula is C24H20ClN3O7S2. The minimum absolute atomic E-state index is 0.149. The van der Waals surface area contributed by atoms with E-state index in [2.05, 4.69) is 4.72 Å². The van der Waals surface area contributed by atoms with Gasteiger partial charge in [0.05, 0.1) is 28.5 Å². The predicted molar refractivity (Wildman–Crippen MR) is 138 cm³/mol. The lowest BCUT2D eigenvalue weighted by atomic mass is 10.2. The maximum Gasteiger partial charge on any atom is 0.295 e. The van der Waals surface area contributed by atoms with Gasteiger partial charge in [-0.05, 0) is 42.5 Å². The highest BCUT2D eigenvalue weighted by Gasteiger charge is 2.28. The molecule has 4 aromatic rings. The van der Waals surface area contributed by atoms with Crippen LogP contribution in [0.4, 0.5) is 17.1 Å². The molecule has 2 heterocycles. The van der Waals surface area contributed by atoms with Crippen LogP contribution >= 0.6 is 11.6 Å². The van der Waals surface area contributed by atoms with Crippen LogP contribution in [0.15, 0.2) is 81.1 Å². The molecule has 13 heteroatoms. The molecule has 2 N–H and O–H groups in total. The first-order chi connectivity index (χ1) is 17.5. The molecule has 1 amide bonds. The van der Waals surface area contributed by atoms with Crippen molar-refractivity contribution in [3.05, 3.63) is 71.8 Å². The number of furan rings is 1. The van der Waals surface area contributed by atoms with Crippen LogP contribution in [0.25, 0.3) is 11.0 Å². The van der Waals surface area contributed by atoms with E-state index in [1.165, 1.54) is 30.3 Å². The van der Waals surface area contributed by atoms with E-state index in [9.17, 15) is 21.6 Å². The number of carbonyl (C=O) groups is 1. The van der Waals surface area contributed by atoms with Gasteiger partial charge in [0.1, 0.15) is 17.9 Å². The van der Waals surface area contributed by atoms with Crippen LogP contribution < -0.4 is 19.1 Å². The Morgan fingerprint density at radius 1 is 0.946 bits per heavy atom. The second-order valence-electron chi connectivity index (χ2n) is 8.16. The first-order valence-corrected chi connectivity index (χ1v) is 14.3. The van der Waals surface area contributed by atoms with E-state index in [-0.39, 0.29) is 33.8 Å². The number of benzene rings is 3. The van der Waals surface area contributed by atoms with Crippen molar-refractivity contribution in [3.63, 3.8) is 0 Å². The molecule has 5 rings (SSSR count). The van der Waals surface area contributed by atoms with Gasteiger partial charge in [0, 0.05) is 23.4 Å². The molecule has 3 aromatic carbocycles. The van der Waals surface area contributed by atoms with E-state index >= 15 is 0 Å². The lowest BCUT2D eigenvalue weighted by Gasteiger charge is -2.33. The van der Waals surface area contributed by atoms with Gasteiger partial charge in [0.15, 0.2) is 0 Å². The van der Waals surface area contributed by atoms with Crippen LogP contribution in [0.1, 0.15) is 6.92 Å². The van der Waals surface area contributed by atoms with Crippen LogP contribution in [0.2, 0.25) is 5.02 Å². The SMILES string of the molecule is CC(=O)NS(=O)(=O)c1ccc2c(c1)N(c1ccc(Cl)cc1NS(=O)(=O)c1cc3ccccc3o1)CCO2. The van der Waals surface area contributed by atoms with Gasteiger partial charge in [-0.2, -0.15) is 8.42 Å². The Hall–Kier alpha value is -3.74. The number of carbonyl (C=O) groups excluding carboxylic acids is 1. The number of ether oxygens (including phenoxy) is 1. The summed E-state index contributed by atoms with van der Waals surface area (Å²) < 4.78 is 67.4. The standard InChI is InChI=1S/C24H20ClN3O7S2/c1-15(29)26-36(30,31)18-7-9-23-21(14-18)28(10-11-34-23)20-8-6-17(25)13-19(20)27-37(32,33)24-12-16-4-2-3-5-22(16)35-24/h2-9,12-14,27H,10-11H2,1H3,(H,26,29). The van der Waals surface area contributed by atoms with Gasteiger partial charge in [-0.25, -0.2) is 13.1 Å². The number of nitrogens with zero attached hydrogens (tertiary/aromatic N) is 1. The van der Waals surface area contributed by atoms with E-state index in [1.54, 1.807) is 41.3 Å². The molecule has 192 valence electrons. The normalized spacial score (nSPS) is 13.6. The topological polar surface area (TPSA) is 135 Å². The van der Waals surface area contributed by atoms with Gasteiger partial charge in [0.25, 0.3) is 20.0 Å². The molecule has 0 atom stereocenters. The first-order valence-electron chi connectivity index (χ1n) is 10.9. The summed E-state index contributed by atoms with van der Waals surface area (Å²) in [6, 6.07) is 17.1. The highest BCUT2D eigenvalue weighted by molar-refractivity contribution is 7.92. The second-order valence-corrected chi connectivity index (χ2v) is 11.9. The van der Waals surface area contributed by atoms with Crippen LogP contribution in [-0.2, 0) is 24.8 Å². The fourth-order valence-corrected chi connectivity index (χ4v) is 6.19. The lowest BCUT2D eigenvalue weighted by Crippen LogP contribution is -2.31. The molecule has 0 saturated heterocycles. The zero-order valence-corrected chi connectivity index (χ0v) is 21.7. The molecule has 0 aliphatic carbocycles. The number of rotatable bonds is 6. The van der Waals surface area contributed by atoms with Gasteiger partial charge in [-0.15, -0.1) is 0 Å². The summed E-state index contributed by atoms with van der Waals surface area (Å²) in [6.45, 7) is 1.63. The summed E-state index contributed by atoms with van der Waals surface area (Å²) in [5.74, 6) is -0.347. The number of amides is 1. The third-order valence-corrected chi connectivity index (χ3v) is 8.43. The minimum atomic E-state index is -4.15.